The zero-order chi connectivity index (χ0) is 21.1. The van der Waals surface area contributed by atoms with E-state index in [1.165, 1.54) is 11.1 Å². The highest BCUT2D eigenvalue weighted by molar-refractivity contribution is 7.80. The topological polar surface area (TPSA) is 30.9 Å². The third-order valence-corrected chi connectivity index (χ3v) is 5.86. The molecule has 5 heteroatoms. The van der Waals surface area contributed by atoms with Gasteiger partial charge in [-0.05, 0) is 41.5 Å². The molecule has 0 amide bonds. The maximum Gasteiger partial charge on any atom is 0.264 e. The van der Waals surface area contributed by atoms with E-state index in [1.54, 1.807) is 12.0 Å². The van der Waals surface area contributed by atoms with Crippen LogP contribution in [0.25, 0.3) is 0 Å². The van der Waals surface area contributed by atoms with Gasteiger partial charge in [-0.15, -0.1) is 0 Å². The van der Waals surface area contributed by atoms with E-state index in [0.29, 0.717) is 11.8 Å². The quantitative estimate of drug-likeness (QED) is 0.541. The number of ether oxygens (including phenoxy) is 3. The summed E-state index contributed by atoms with van der Waals surface area (Å²) in [6.45, 7) is 0.609. The van der Waals surface area contributed by atoms with Crippen LogP contribution in [0.2, 0.25) is 0 Å². The molecule has 4 rings (SSSR count). The number of benzene rings is 3. The van der Waals surface area contributed by atoms with Crippen LogP contribution < -0.4 is 14.2 Å². The van der Waals surface area contributed by atoms with Gasteiger partial charge in [0.1, 0.15) is 17.2 Å². The zero-order valence-corrected chi connectivity index (χ0v) is 18.2. The van der Waals surface area contributed by atoms with Crippen LogP contribution in [0.3, 0.4) is 0 Å². The van der Waals surface area contributed by atoms with Crippen LogP contribution in [0, 0.1) is 0 Å². The minimum atomic E-state index is 0.164. The smallest absolute Gasteiger partial charge is 0.264 e. The van der Waals surface area contributed by atoms with Crippen LogP contribution in [-0.2, 0) is 0 Å². The number of thiocarbonyl (C=S) groups is 1. The number of hydrogen-bond donors (Lipinski definition) is 0. The summed E-state index contributed by atoms with van der Waals surface area (Å²) in [5, 5.41) is 0.438. The number of rotatable bonds is 4. The number of fused-ring (bicyclic) bond motifs is 1. The lowest BCUT2D eigenvalue weighted by Crippen LogP contribution is -2.26. The lowest BCUT2D eigenvalue weighted by molar-refractivity contribution is 0.247. The van der Waals surface area contributed by atoms with Crippen molar-refractivity contribution in [1.29, 1.82) is 0 Å². The van der Waals surface area contributed by atoms with E-state index in [9.17, 15) is 0 Å². The molecule has 30 heavy (non-hydrogen) atoms. The van der Waals surface area contributed by atoms with E-state index in [0.717, 1.165) is 22.8 Å². The third kappa shape index (κ3) is 4.12. The van der Waals surface area contributed by atoms with E-state index < -0.39 is 0 Å². The van der Waals surface area contributed by atoms with Crippen molar-refractivity contribution in [3.05, 3.63) is 89.5 Å². The van der Waals surface area contributed by atoms with Gasteiger partial charge in [0.05, 0.1) is 13.7 Å². The maximum atomic E-state index is 6.16. The predicted molar refractivity (Wildman–Crippen MR) is 123 cm³/mol. The maximum absolute atomic E-state index is 6.16. The van der Waals surface area contributed by atoms with Gasteiger partial charge in [-0.3, -0.25) is 0 Å². The van der Waals surface area contributed by atoms with Gasteiger partial charge in [0, 0.05) is 37.6 Å². The Kier molecular flexibility index (Phi) is 5.91. The highest BCUT2D eigenvalue weighted by Gasteiger charge is 2.33. The lowest BCUT2D eigenvalue weighted by atomic mass is 9.76. The molecular formula is C25H25NO3S. The van der Waals surface area contributed by atoms with Crippen LogP contribution in [0.1, 0.15) is 28.5 Å². The van der Waals surface area contributed by atoms with Gasteiger partial charge in [0.25, 0.3) is 5.17 Å². The molecule has 0 unspecified atom stereocenters. The monoisotopic (exact) mass is 419 g/mol. The standard InChI is InChI=1S/C25H25NO3S/c1-26(2)25(30)29-19-11-9-18(10-12-19)24-21-14-13-20(27-3)15-23(21)28-16-22(24)17-7-5-4-6-8-17/h4-15,22,24H,16H2,1-3H3/t22-,24-/m1/s1. The highest BCUT2D eigenvalue weighted by atomic mass is 32.1. The van der Waals surface area contributed by atoms with Crippen LogP contribution in [0.15, 0.2) is 72.8 Å². The van der Waals surface area contributed by atoms with Crippen molar-refractivity contribution in [3.8, 4) is 17.2 Å². The highest BCUT2D eigenvalue weighted by Crippen LogP contribution is 2.47. The van der Waals surface area contributed by atoms with Gasteiger partial charge in [-0.25, -0.2) is 0 Å². The molecule has 1 heterocycles. The molecule has 154 valence electrons. The molecule has 1 aliphatic heterocycles. The van der Waals surface area contributed by atoms with Gasteiger partial charge >= 0.3 is 0 Å². The summed E-state index contributed by atoms with van der Waals surface area (Å²) in [5.74, 6) is 2.78. The van der Waals surface area contributed by atoms with Crippen molar-refractivity contribution >= 4 is 17.4 Å². The first-order valence-electron chi connectivity index (χ1n) is 9.91. The van der Waals surface area contributed by atoms with Crippen molar-refractivity contribution in [2.24, 2.45) is 0 Å². The molecule has 3 aromatic rings. The van der Waals surface area contributed by atoms with Gasteiger partial charge < -0.3 is 19.1 Å². The molecule has 0 saturated carbocycles. The second-order valence-electron chi connectivity index (χ2n) is 7.54. The molecule has 0 bridgehead atoms. The van der Waals surface area contributed by atoms with Crippen LogP contribution in [0.5, 0.6) is 17.2 Å². The molecule has 0 aromatic heterocycles. The summed E-state index contributed by atoms with van der Waals surface area (Å²) < 4.78 is 17.3. The van der Waals surface area contributed by atoms with Gasteiger partial charge in [-0.2, -0.15) is 0 Å². The first-order valence-corrected chi connectivity index (χ1v) is 10.3. The SMILES string of the molecule is COc1ccc2c(c1)OC[C@H](c1ccccc1)[C@@H]2c1ccc(OC(=S)N(C)C)cc1. The Morgan fingerprint density at radius 1 is 0.933 bits per heavy atom. The molecule has 1 aliphatic rings. The van der Waals surface area contributed by atoms with Crippen molar-refractivity contribution in [2.45, 2.75) is 11.8 Å². The molecule has 0 spiro atoms. The minimum Gasteiger partial charge on any atom is -0.497 e. The fraction of sp³-hybridized carbons (Fsp3) is 0.240. The Labute approximate surface area is 183 Å². The fourth-order valence-corrected chi connectivity index (χ4v) is 3.95. The predicted octanol–water partition coefficient (Wildman–Crippen LogP) is 5.23. The molecule has 2 atom stereocenters. The fourth-order valence-electron chi connectivity index (χ4n) is 3.85. The number of hydrogen-bond acceptors (Lipinski definition) is 4. The van der Waals surface area contributed by atoms with Crippen molar-refractivity contribution in [3.63, 3.8) is 0 Å². The normalized spacial score (nSPS) is 17.4. The Morgan fingerprint density at radius 2 is 1.63 bits per heavy atom. The molecule has 0 N–H and O–H groups in total. The third-order valence-electron chi connectivity index (χ3n) is 5.41. The second-order valence-corrected chi connectivity index (χ2v) is 7.89. The van der Waals surface area contributed by atoms with Gasteiger partial charge in [-0.1, -0.05) is 48.5 Å². The Hall–Kier alpha value is -3.05. The Bertz CT molecular complexity index is 1020. The average Bonchev–Trinajstić information content (AvgIpc) is 2.79. The summed E-state index contributed by atoms with van der Waals surface area (Å²) in [7, 11) is 5.41. The summed E-state index contributed by atoms with van der Waals surface area (Å²) in [6.07, 6.45) is 0. The zero-order valence-electron chi connectivity index (χ0n) is 17.4. The Morgan fingerprint density at radius 3 is 2.30 bits per heavy atom. The van der Waals surface area contributed by atoms with E-state index in [2.05, 4.69) is 42.5 Å². The van der Waals surface area contributed by atoms with Crippen molar-refractivity contribution < 1.29 is 14.2 Å². The van der Waals surface area contributed by atoms with Crippen molar-refractivity contribution in [1.82, 2.24) is 4.90 Å². The molecule has 0 radical (unpaired) electrons. The summed E-state index contributed by atoms with van der Waals surface area (Å²) in [6, 6.07) is 24.8. The summed E-state index contributed by atoms with van der Waals surface area (Å²) >= 11 is 5.25. The molecule has 0 saturated heterocycles. The van der Waals surface area contributed by atoms with Gasteiger partial charge in [0.15, 0.2) is 0 Å². The van der Waals surface area contributed by atoms with E-state index in [4.69, 9.17) is 26.4 Å². The molecule has 4 nitrogen and oxygen atoms in total. The Balaban J connectivity index is 1.72. The molecular weight excluding hydrogens is 394 g/mol. The van der Waals surface area contributed by atoms with Crippen LogP contribution in [-0.4, -0.2) is 37.9 Å². The second kappa shape index (κ2) is 8.76. The molecule has 0 fully saturated rings. The van der Waals surface area contributed by atoms with E-state index in [-0.39, 0.29) is 11.8 Å². The van der Waals surface area contributed by atoms with E-state index in [1.807, 2.05) is 44.4 Å². The first-order chi connectivity index (χ1) is 14.6. The van der Waals surface area contributed by atoms with Crippen LogP contribution in [0.4, 0.5) is 0 Å². The number of nitrogens with zero attached hydrogens (tertiary/aromatic N) is 1. The molecule has 3 aromatic carbocycles. The first kappa shape index (κ1) is 20.2. The number of methoxy groups -OCH3 is 1. The average molecular weight is 420 g/mol. The van der Waals surface area contributed by atoms with E-state index >= 15 is 0 Å². The van der Waals surface area contributed by atoms with Crippen LogP contribution >= 0.6 is 12.2 Å². The van der Waals surface area contributed by atoms with Gasteiger partial charge in [0.2, 0.25) is 0 Å². The minimum absolute atomic E-state index is 0.164. The largest absolute Gasteiger partial charge is 0.497 e. The summed E-state index contributed by atoms with van der Waals surface area (Å²) in [5.41, 5.74) is 3.63. The van der Waals surface area contributed by atoms with Crippen molar-refractivity contribution in [2.75, 3.05) is 27.8 Å². The molecule has 0 aliphatic carbocycles. The lowest BCUT2D eigenvalue weighted by Gasteiger charge is -2.34. The summed E-state index contributed by atoms with van der Waals surface area (Å²) in [4.78, 5) is 1.77.